The molecule has 0 radical (unpaired) electrons. The zero-order chi connectivity index (χ0) is 13.6. The van der Waals surface area contributed by atoms with Crippen molar-refractivity contribution < 1.29 is 0 Å². The summed E-state index contributed by atoms with van der Waals surface area (Å²) in [4.78, 5) is 0. The fraction of sp³-hybridized carbons (Fsp3) is 0.647. The first kappa shape index (κ1) is 13.9. The van der Waals surface area contributed by atoms with Gasteiger partial charge in [0.25, 0.3) is 0 Å². The molecule has 2 bridgehead atoms. The van der Waals surface area contributed by atoms with Crippen molar-refractivity contribution in [2.24, 2.45) is 23.2 Å². The van der Waals surface area contributed by atoms with E-state index >= 15 is 0 Å². The van der Waals surface area contributed by atoms with Crippen LogP contribution in [0.3, 0.4) is 0 Å². The van der Waals surface area contributed by atoms with Gasteiger partial charge in [-0.05, 0) is 76.3 Å². The summed E-state index contributed by atoms with van der Waals surface area (Å²) in [6.45, 7) is 8.41. The first-order chi connectivity index (χ1) is 8.98. The van der Waals surface area contributed by atoms with Crippen LogP contribution in [0.1, 0.15) is 39.2 Å². The molecular weight excluding hydrogens is 345 g/mol. The Kier molecular flexibility index (Phi) is 3.67. The summed E-state index contributed by atoms with van der Waals surface area (Å²) in [5.74, 6) is 2.70. The largest absolute Gasteiger partial charge is 0.310 e. The molecule has 2 heteroatoms. The van der Waals surface area contributed by atoms with E-state index < -0.39 is 0 Å². The Morgan fingerprint density at radius 1 is 1.21 bits per heavy atom. The van der Waals surface area contributed by atoms with E-state index in [0.29, 0.717) is 5.41 Å². The molecule has 19 heavy (non-hydrogen) atoms. The van der Waals surface area contributed by atoms with Gasteiger partial charge in [-0.15, -0.1) is 0 Å². The number of rotatable bonds is 3. The lowest BCUT2D eigenvalue weighted by atomic mass is 9.45. The summed E-state index contributed by atoms with van der Waals surface area (Å²) in [6, 6.07) is 9.60. The number of halogens is 1. The Morgan fingerprint density at radius 3 is 2.47 bits per heavy atom. The van der Waals surface area contributed by atoms with Crippen LogP contribution in [0, 0.1) is 26.7 Å². The van der Waals surface area contributed by atoms with Crippen molar-refractivity contribution in [2.45, 2.75) is 46.2 Å². The Hall–Kier alpha value is -0.0900. The molecule has 1 aromatic carbocycles. The van der Waals surface area contributed by atoms with Crippen LogP contribution in [-0.4, -0.2) is 6.04 Å². The van der Waals surface area contributed by atoms with E-state index in [2.05, 4.69) is 72.9 Å². The second kappa shape index (κ2) is 5.03. The average Bonchev–Trinajstić information content (AvgIpc) is 2.38. The molecular formula is C17H24IN. The van der Waals surface area contributed by atoms with Crippen LogP contribution in [0.15, 0.2) is 24.3 Å². The number of hydrogen-bond acceptors (Lipinski definition) is 1. The molecule has 4 rings (SSSR count). The molecule has 3 aliphatic carbocycles. The van der Waals surface area contributed by atoms with Gasteiger partial charge in [-0.25, -0.2) is 0 Å². The van der Waals surface area contributed by atoms with Crippen LogP contribution in [-0.2, 0) is 6.54 Å². The zero-order valence-corrected chi connectivity index (χ0v) is 14.3. The molecule has 4 unspecified atom stereocenters. The van der Waals surface area contributed by atoms with Crippen molar-refractivity contribution in [1.82, 2.24) is 5.32 Å². The van der Waals surface area contributed by atoms with E-state index in [9.17, 15) is 0 Å². The molecule has 4 atom stereocenters. The molecule has 0 heterocycles. The fourth-order valence-corrected chi connectivity index (χ4v) is 4.63. The number of nitrogens with one attached hydrogen (secondary N) is 1. The Morgan fingerprint density at radius 2 is 1.89 bits per heavy atom. The molecule has 0 aliphatic heterocycles. The Labute approximate surface area is 130 Å². The molecule has 3 aliphatic rings. The third-order valence-corrected chi connectivity index (χ3v) is 6.55. The molecule has 104 valence electrons. The van der Waals surface area contributed by atoms with Gasteiger partial charge in [-0.3, -0.25) is 0 Å². The van der Waals surface area contributed by atoms with Gasteiger partial charge in [0, 0.05) is 16.2 Å². The maximum Gasteiger partial charge on any atom is 0.0208 e. The van der Waals surface area contributed by atoms with Gasteiger partial charge in [0.2, 0.25) is 0 Å². The van der Waals surface area contributed by atoms with Crippen molar-refractivity contribution in [3.8, 4) is 0 Å². The maximum atomic E-state index is 3.80. The highest BCUT2D eigenvalue weighted by molar-refractivity contribution is 14.1. The quantitative estimate of drug-likeness (QED) is 0.777. The second-order valence-corrected chi connectivity index (χ2v) is 8.31. The first-order valence-electron chi connectivity index (χ1n) is 7.46. The highest BCUT2D eigenvalue weighted by Gasteiger charge is 2.55. The van der Waals surface area contributed by atoms with Gasteiger partial charge >= 0.3 is 0 Å². The van der Waals surface area contributed by atoms with Crippen molar-refractivity contribution in [3.05, 3.63) is 33.4 Å². The summed E-state index contributed by atoms with van der Waals surface area (Å²) < 4.78 is 1.32. The van der Waals surface area contributed by atoms with E-state index in [1.54, 1.807) is 0 Å². The van der Waals surface area contributed by atoms with Crippen molar-refractivity contribution in [1.29, 1.82) is 0 Å². The molecule has 3 saturated carbocycles. The lowest BCUT2D eigenvalue weighted by Gasteiger charge is -2.62. The lowest BCUT2D eigenvalue weighted by Crippen LogP contribution is -2.59. The second-order valence-electron chi connectivity index (χ2n) is 7.07. The van der Waals surface area contributed by atoms with Gasteiger partial charge in [-0.1, -0.05) is 32.9 Å². The van der Waals surface area contributed by atoms with Crippen LogP contribution >= 0.6 is 22.6 Å². The standard InChI is InChI=1S/C17H24IN/c1-11-15-8-13(17(15,2)3)9-16(11)19-10-12-4-6-14(18)7-5-12/h4-7,11,13,15-16,19H,8-10H2,1-3H3. The smallest absolute Gasteiger partial charge is 0.0208 e. The number of benzene rings is 1. The molecule has 0 amide bonds. The van der Waals surface area contributed by atoms with E-state index in [4.69, 9.17) is 0 Å². The van der Waals surface area contributed by atoms with Crippen LogP contribution in [0.4, 0.5) is 0 Å². The van der Waals surface area contributed by atoms with Crippen LogP contribution < -0.4 is 5.32 Å². The SMILES string of the molecule is CC1C(NCc2ccc(I)cc2)CC2CC1C2(C)C. The molecule has 1 N–H and O–H groups in total. The van der Waals surface area contributed by atoms with E-state index in [1.807, 2.05) is 0 Å². The number of fused-ring (bicyclic) bond motifs is 2. The third kappa shape index (κ3) is 2.46. The highest BCUT2D eigenvalue weighted by atomic mass is 127. The summed E-state index contributed by atoms with van der Waals surface area (Å²) in [6.07, 6.45) is 2.84. The molecule has 0 aromatic heterocycles. The van der Waals surface area contributed by atoms with Gasteiger partial charge in [-0.2, -0.15) is 0 Å². The predicted molar refractivity (Wildman–Crippen MR) is 88.9 cm³/mol. The first-order valence-corrected chi connectivity index (χ1v) is 8.54. The molecule has 1 nitrogen and oxygen atoms in total. The average molecular weight is 369 g/mol. The van der Waals surface area contributed by atoms with Crippen molar-refractivity contribution >= 4 is 22.6 Å². The molecule has 3 fully saturated rings. The predicted octanol–water partition coefficient (Wildman–Crippen LogP) is 4.45. The minimum Gasteiger partial charge on any atom is -0.310 e. The Bertz CT molecular complexity index is 451. The minimum atomic E-state index is 0.598. The van der Waals surface area contributed by atoms with E-state index in [-0.39, 0.29) is 0 Å². The minimum absolute atomic E-state index is 0.598. The Balaban J connectivity index is 1.59. The topological polar surface area (TPSA) is 12.0 Å². The summed E-state index contributed by atoms with van der Waals surface area (Å²) in [7, 11) is 0. The maximum absolute atomic E-state index is 3.80. The highest BCUT2D eigenvalue weighted by Crippen LogP contribution is 2.61. The van der Waals surface area contributed by atoms with Crippen molar-refractivity contribution in [2.75, 3.05) is 0 Å². The third-order valence-electron chi connectivity index (χ3n) is 5.84. The lowest BCUT2D eigenvalue weighted by molar-refractivity contribution is -0.115. The van der Waals surface area contributed by atoms with Gasteiger partial charge in [0.1, 0.15) is 0 Å². The number of hydrogen-bond donors (Lipinski definition) is 1. The monoisotopic (exact) mass is 369 g/mol. The normalized spacial score (nSPS) is 35.8. The van der Waals surface area contributed by atoms with Gasteiger partial charge < -0.3 is 5.32 Å². The van der Waals surface area contributed by atoms with Crippen LogP contribution in [0.2, 0.25) is 0 Å². The summed E-state index contributed by atoms with van der Waals surface area (Å²) >= 11 is 2.36. The zero-order valence-electron chi connectivity index (χ0n) is 12.1. The summed E-state index contributed by atoms with van der Waals surface area (Å²) in [5, 5.41) is 3.80. The molecule has 0 saturated heterocycles. The van der Waals surface area contributed by atoms with E-state index in [1.165, 1.54) is 22.0 Å². The van der Waals surface area contributed by atoms with Crippen LogP contribution in [0.25, 0.3) is 0 Å². The summed E-state index contributed by atoms with van der Waals surface area (Å²) in [5.41, 5.74) is 2.01. The molecule has 0 spiro atoms. The van der Waals surface area contributed by atoms with Gasteiger partial charge in [0.15, 0.2) is 0 Å². The van der Waals surface area contributed by atoms with Gasteiger partial charge in [0.05, 0.1) is 0 Å². The van der Waals surface area contributed by atoms with E-state index in [0.717, 1.165) is 30.3 Å². The van der Waals surface area contributed by atoms with Crippen molar-refractivity contribution in [3.63, 3.8) is 0 Å². The fourth-order valence-electron chi connectivity index (χ4n) is 4.27. The van der Waals surface area contributed by atoms with Crippen LogP contribution in [0.5, 0.6) is 0 Å². The molecule has 1 aromatic rings.